The van der Waals surface area contributed by atoms with Crippen molar-refractivity contribution in [2.45, 2.75) is 19.8 Å². The van der Waals surface area contributed by atoms with Gasteiger partial charge in [0.05, 0.1) is 11.4 Å². The summed E-state index contributed by atoms with van der Waals surface area (Å²) < 4.78 is 2.16. The maximum absolute atomic E-state index is 5.89. The van der Waals surface area contributed by atoms with E-state index in [2.05, 4.69) is 48.7 Å². The third kappa shape index (κ3) is 2.10. The lowest BCUT2D eigenvalue weighted by molar-refractivity contribution is 0.738. The van der Waals surface area contributed by atoms with Gasteiger partial charge in [-0.3, -0.25) is 0 Å². The van der Waals surface area contributed by atoms with Gasteiger partial charge in [0.25, 0.3) is 0 Å². The monoisotopic (exact) mass is 265 g/mol. The van der Waals surface area contributed by atoms with E-state index in [1.807, 2.05) is 18.2 Å². The topological polar surface area (TPSA) is 43.3 Å². The minimum Gasteiger partial charge on any atom is -0.330 e. The summed E-state index contributed by atoms with van der Waals surface area (Å²) >= 11 is 0. The number of rotatable bonds is 3. The SMILES string of the molecule is Cc1ccn2c(C(C)CN)c(-c3ccccc3)nc2c1. The highest BCUT2D eigenvalue weighted by atomic mass is 15.0. The summed E-state index contributed by atoms with van der Waals surface area (Å²) in [7, 11) is 0. The molecule has 3 nitrogen and oxygen atoms in total. The maximum Gasteiger partial charge on any atom is 0.137 e. The van der Waals surface area contributed by atoms with Crippen molar-refractivity contribution in [1.82, 2.24) is 9.38 Å². The number of nitrogens with two attached hydrogens (primary N) is 1. The predicted molar refractivity (Wildman–Crippen MR) is 82.8 cm³/mol. The molecule has 3 heteroatoms. The van der Waals surface area contributed by atoms with Crippen molar-refractivity contribution in [2.75, 3.05) is 6.54 Å². The van der Waals surface area contributed by atoms with Gasteiger partial charge < -0.3 is 10.1 Å². The van der Waals surface area contributed by atoms with Gasteiger partial charge in [0.2, 0.25) is 0 Å². The molecule has 0 radical (unpaired) electrons. The van der Waals surface area contributed by atoms with E-state index >= 15 is 0 Å². The molecule has 2 aromatic heterocycles. The van der Waals surface area contributed by atoms with Gasteiger partial charge in [-0.05, 0) is 24.6 Å². The second-order valence-electron chi connectivity index (χ2n) is 5.28. The Morgan fingerprint density at radius 2 is 1.95 bits per heavy atom. The Bertz CT molecular complexity index is 729. The number of aromatic nitrogens is 2. The van der Waals surface area contributed by atoms with Gasteiger partial charge in [0, 0.05) is 24.2 Å². The lowest BCUT2D eigenvalue weighted by Crippen LogP contribution is -2.12. The van der Waals surface area contributed by atoms with Crippen molar-refractivity contribution in [3.05, 3.63) is 59.9 Å². The zero-order valence-corrected chi connectivity index (χ0v) is 11.9. The Labute approximate surface area is 119 Å². The van der Waals surface area contributed by atoms with E-state index in [-0.39, 0.29) is 5.92 Å². The molecule has 102 valence electrons. The molecule has 0 aliphatic rings. The van der Waals surface area contributed by atoms with E-state index in [1.165, 1.54) is 11.3 Å². The standard InChI is InChI=1S/C17H19N3/c1-12-8-9-20-15(10-12)19-16(17(20)13(2)11-18)14-6-4-3-5-7-14/h3-10,13H,11,18H2,1-2H3. The highest BCUT2D eigenvalue weighted by Crippen LogP contribution is 2.29. The molecule has 0 saturated heterocycles. The average molecular weight is 265 g/mol. The number of hydrogen-bond acceptors (Lipinski definition) is 2. The Kier molecular flexibility index (Phi) is 3.28. The molecular formula is C17H19N3. The van der Waals surface area contributed by atoms with Gasteiger partial charge in [-0.15, -0.1) is 0 Å². The molecule has 0 bridgehead atoms. The number of pyridine rings is 1. The van der Waals surface area contributed by atoms with Gasteiger partial charge in [-0.2, -0.15) is 0 Å². The van der Waals surface area contributed by atoms with E-state index in [1.54, 1.807) is 0 Å². The molecule has 0 aliphatic carbocycles. The first kappa shape index (κ1) is 12.9. The lowest BCUT2D eigenvalue weighted by atomic mass is 10.0. The number of aryl methyl sites for hydroxylation is 1. The number of hydrogen-bond donors (Lipinski definition) is 1. The number of nitrogens with zero attached hydrogens (tertiary/aromatic N) is 2. The molecule has 3 aromatic rings. The second kappa shape index (κ2) is 5.10. The molecular weight excluding hydrogens is 246 g/mol. The van der Waals surface area contributed by atoms with Crippen LogP contribution in [0.1, 0.15) is 24.1 Å². The average Bonchev–Trinajstić information content (AvgIpc) is 2.85. The highest BCUT2D eigenvalue weighted by molar-refractivity contribution is 5.67. The van der Waals surface area contributed by atoms with Crippen LogP contribution in [0.2, 0.25) is 0 Å². The Morgan fingerprint density at radius 1 is 1.20 bits per heavy atom. The van der Waals surface area contributed by atoms with E-state index in [0.29, 0.717) is 6.54 Å². The van der Waals surface area contributed by atoms with E-state index in [4.69, 9.17) is 10.7 Å². The van der Waals surface area contributed by atoms with Crippen molar-refractivity contribution in [3.8, 4) is 11.3 Å². The zero-order valence-electron chi connectivity index (χ0n) is 11.9. The van der Waals surface area contributed by atoms with Crippen LogP contribution in [0.4, 0.5) is 0 Å². The Hall–Kier alpha value is -2.13. The molecule has 1 atom stereocenters. The van der Waals surface area contributed by atoms with E-state index < -0.39 is 0 Å². The minimum atomic E-state index is 0.267. The largest absolute Gasteiger partial charge is 0.330 e. The van der Waals surface area contributed by atoms with Crippen LogP contribution in [-0.2, 0) is 0 Å². The molecule has 3 rings (SSSR count). The second-order valence-corrected chi connectivity index (χ2v) is 5.28. The van der Waals surface area contributed by atoms with Crippen LogP contribution in [-0.4, -0.2) is 15.9 Å². The Morgan fingerprint density at radius 3 is 2.65 bits per heavy atom. The van der Waals surface area contributed by atoms with Crippen LogP contribution in [0.15, 0.2) is 48.7 Å². The van der Waals surface area contributed by atoms with Gasteiger partial charge in [0.15, 0.2) is 0 Å². The number of fused-ring (bicyclic) bond motifs is 1. The van der Waals surface area contributed by atoms with Crippen molar-refractivity contribution in [1.29, 1.82) is 0 Å². The minimum absolute atomic E-state index is 0.267. The third-order valence-electron chi connectivity index (χ3n) is 3.69. The summed E-state index contributed by atoms with van der Waals surface area (Å²) in [6.07, 6.45) is 2.09. The summed E-state index contributed by atoms with van der Waals surface area (Å²) in [5, 5.41) is 0. The fourth-order valence-electron chi connectivity index (χ4n) is 2.56. The summed E-state index contributed by atoms with van der Waals surface area (Å²) in [6.45, 7) is 4.85. The third-order valence-corrected chi connectivity index (χ3v) is 3.69. The first-order valence-electron chi connectivity index (χ1n) is 6.95. The van der Waals surface area contributed by atoms with Crippen LogP contribution in [0.5, 0.6) is 0 Å². The summed E-state index contributed by atoms with van der Waals surface area (Å²) in [4.78, 5) is 4.82. The molecule has 1 aromatic carbocycles. The highest BCUT2D eigenvalue weighted by Gasteiger charge is 2.18. The molecule has 0 spiro atoms. The van der Waals surface area contributed by atoms with Crippen molar-refractivity contribution in [3.63, 3.8) is 0 Å². The van der Waals surface area contributed by atoms with Crippen molar-refractivity contribution in [2.24, 2.45) is 5.73 Å². The van der Waals surface area contributed by atoms with E-state index in [0.717, 1.165) is 16.9 Å². The summed E-state index contributed by atoms with van der Waals surface area (Å²) in [6, 6.07) is 14.5. The quantitative estimate of drug-likeness (QED) is 0.789. The van der Waals surface area contributed by atoms with Crippen molar-refractivity contribution >= 4 is 5.65 Å². The molecule has 0 fully saturated rings. The van der Waals surface area contributed by atoms with Gasteiger partial charge in [0.1, 0.15) is 5.65 Å². The summed E-state index contributed by atoms with van der Waals surface area (Å²) in [5.74, 6) is 0.267. The molecule has 0 amide bonds. The van der Waals surface area contributed by atoms with Crippen LogP contribution in [0.3, 0.4) is 0 Å². The normalized spacial score (nSPS) is 12.8. The van der Waals surface area contributed by atoms with Crippen LogP contribution >= 0.6 is 0 Å². The van der Waals surface area contributed by atoms with Gasteiger partial charge >= 0.3 is 0 Å². The predicted octanol–water partition coefficient (Wildman–Crippen LogP) is 3.37. The maximum atomic E-state index is 5.89. The van der Waals surface area contributed by atoms with Crippen LogP contribution in [0.25, 0.3) is 16.9 Å². The van der Waals surface area contributed by atoms with Gasteiger partial charge in [-0.1, -0.05) is 37.3 Å². The summed E-state index contributed by atoms with van der Waals surface area (Å²) in [5.41, 5.74) is 11.5. The Balaban J connectivity index is 2.30. The molecule has 0 saturated carbocycles. The smallest absolute Gasteiger partial charge is 0.137 e. The molecule has 20 heavy (non-hydrogen) atoms. The number of benzene rings is 1. The fraction of sp³-hybridized carbons (Fsp3) is 0.235. The van der Waals surface area contributed by atoms with E-state index in [9.17, 15) is 0 Å². The molecule has 2 N–H and O–H groups in total. The van der Waals surface area contributed by atoms with Crippen LogP contribution in [0, 0.1) is 6.92 Å². The molecule has 2 heterocycles. The van der Waals surface area contributed by atoms with Gasteiger partial charge in [-0.25, -0.2) is 4.98 Å². The first-order valence-corrected chi connectivity index (χ1v) is 6.95. The molecule has 0 aliphatic heterocycles. The number of imidazole rings is 1. The lowest BCUT2D eigenvalue weighted by Gasteiger charge is -2.11. The zero-order chi connectivity index (χ0) is 14.1. The first-order chi connectivity index (χ1) is 9.70. The van der Waals surface area contributed by atoms with Crippen LogP contribution < -0.4 is 5.73 Å². The molecule has 1 unspecified atom stereocenters. The van der Waals surface area contributed by atoms with Crippen molar-refractivity contribution < 1.29 is 0 Å². The fourth-order valence-corrected chi connectivity index (χ4v) is 2.56.